The molecule has 1 atom stereocenters. The summed E-state index contributed by atoms with van der Waals surface area (Å²) in [5, 5.41) is 2.93. The van der Waals surface area contributed by atoms with Crippen molar-refractivity contribution in [2.24, 2.45) is 0 Å². The zero-order valence-corrected chi connectivity index (χ0v) is 22.2. The van der Waals surface area contributed by atoms with Gasteiger partial charge in [0.25, 0.3) is 0 Å². The van der Waals surface area contributed by atoms with Crippen molar-refractivity contribution in [3.05, 3.63) is 65.7 Å². The third kappa shape index (κ3) is 8.58. The van der Waals surface area contributed by atoms with Crippen molar-refractivity contribution < 1.29 is 26.8 Å². The molecule has 7 nitrogen and oxygen atoms in total. The molecule has 0 aromatic heterocycles. The Kier molecular flexibility index (Phi) is 9.98. The van der Waals surface area contributed by atoms with Crippen molar-refractivity contribution in [1.82, 2.24) is 10.2 Å². The number of sulfonamides is 1. The SMILES string of the molecule is CCC(C(=O)NC(C)(C)C)N(Cc1ccccc1)C(=O)CCCN(c1ccc(F)c(F)c1)S(C)(=O)=O. The molecule has 1 N–H and O–H groups in total. The third-order valence-corrected chi connectivity index (χ3v) is 6.62. The van der Waals surface area contributed by atoms with Gasteiger partial charge in [-0.3, -0.25) is 13.9 Å². The van der Waals surface area contributed by atoms with E-state index in [0.717, 1.165) is 28.3 Å². The van der Waals surface area contributed by atoms with E-state index in [4.69, 9.17) is 0 Å². The summed E-state index contributed by atoms with van der Waals surface area (Å²) >= 11 is 0. The minimum atomic E-state index is -3.81. The lowest BCUT2D eigenvalue weighted by Crippen LogP contribution is -2.53. The summed E-state index contributed by atoms with van der Waals surface area (Å²) in [7, 11) is -3.81. The van der Waals surface area contributed by atoms with E-state index in [1.165, 1.54) is 11.0 Å². The third-order valence-electron chi connectivity index (χ3n) is 5.42. The van der Waals surface area contributed by atoms with Crippen LogP contribution in [0.3, 0.4) is 0 Å². The Morgan fingerprint density at radius 3 is 2.19 bits per heavy atom. The Labute approximate surface area is 212 Å². The van der Waals surface area contributed by atoms with Crippen LogP contribution in [0, 0.1) is 11.6 Å². The van der Waals surface area contributed by atoms with Gasteiger partial charge in [0.05, 0.1) is 11.9 Å². The maximum Gasteiger partial charge on any atom is 0.243 e. The topological polar surface area (TPSA) is 86.8 Å². The van der Waals surface area contributed by atoms with Crippen LogP contribution in [0.2, 0.25) is 0 Å². The van der Waals surface area contributed by atoms with Crippen LogP contribution in [0.1, 0.15) is 52.5 Å². The van der Waals surface area contributed by atoms with E-state index in [2.05, 4.69) is 5.32 Å². The molecule has 0 saturated carbocycles. The standard InChI is InChI=1S/C26H35F2N3O4S/c1-6-23(25(33)29-26(2,3)4)30(18-19-11-8-7-9-12-19)24(32)13-10-16-31(36(5,34)35)20-14-15-21(27)22(28)17-20/h7-9,11-12,14-15,17,23H,6,10,13,16,18H2,1-5H3,(H,29,33). The maximum absolute atomic E-state index is 13.7. The largest absolute Gasteiger partial charge is 0.350 e. The lowest BCUT2D eigenvalue weighted by atomic mass is 10.0. The number of carbonyl (C=O) groups is 2. The summed E-state index contributed by atoms with van der Waals surface area (Å²) in [5.74, 6) is -2.83. The van der Waals surface area contributed by atoms with Gasteiger partial charge in [-0.2, -0.15) is 0 Å². The number of benzene rings is 2. The molecule has 2 rings (SSSR count). The molecule has 0 heterocycles. The molecule has 0 saturated heterocycles. The molecular formula is C26H35F2N3O4S. The molecule has 2 amide bonds. The number of amides is 2. The maximum atomic E-state index is 13.7. The molecule has 0 spiro atoms. The highest BCUT2D eigenvalue weighted by Crippen LogP contribution is 2.22. The van der Waals surface area contributed by atoms with E-state index in [0.29, 0.717) is 6.42 Å². The highest BCUT2D eigenvalue weighted by Gasteiger charge is 2.30. The number of carbonyl (C=O) groups excluding carboxylic acids is 2. The lowest BCUT2D eigenvalue weighted by molar-refractivity contribution is -0.142. The molecule has 1 unspecified atom stereocenters. The molecule has 0 radical (unpaired) electrons. The van der Waals surface area contributed by atoms with Crippen LogP contribution in [0.25, 0.3) is 0 Å². The molecule has 2 aromatic rings. The highest BCUT2D eigenvalue weighted by atomic mass is 32.2. The first-order chi connectivity index (χ1) is 16.7. The second kappa shape index (κ2) is 12.3. The minimum Gasteiger partial charge on any atom is -0.350 e. The van der Waals surface area contributed by atoms with E-state index < -0.39 is 33.2 Å². The first kappa shape index (κ1) is 29.2. The number of nitrogens with one attached hydrogen (secondary N) is 1. The van der Waals surface area contributed by atoms with Crippen molar-refractivity contribution in [3.8, 4) is 0 Å². The molecule has 0 fully saturated rings. The first-order valence-corrected chi connectivity index (χ1v) is 13.7. The Morgan fingerprint density at radius 2 is 1.67 bits per heavy atom. The van der Waals surface area contributed by atoms with Crippen LogP contribution < -0.4 is 9.62 Å². The van der Waals surface area contributed by atoms with E-state index in [-0.39, 0.29) is 43.4 Å². The quantitative estimate of drug-likeness (QED) is 0.478. The van der Waals surface area contributed by atoms with Crippen LogP contribution in [-0.2, 0) is 26.2 Å². The molecule has 10 heteroatoms. The van der Waals surface area contributed by atoms with Crippen molar-refractivity contribution in [2.45, 2.75) is 65.1 Å². The van der Waals surface area contributed by atoms with Crippen molar-refractivity contribution in [3.63, 3.8) is 0 Å². The zero-order chi connectivity index (χ0) is 27.1. The number of halogens is 2. The summed E-state index contributed by atoms with van der Waals surface area (Å²) in [6, 6.07) is 11.4. The van der Waals surface area contributed by atoms with Gasteiger partial charge < -0.3 is 10.2 Å². The summed E-state index contributed by atoms with van der Waals surface area (Å²) < 4.78 is 52.6. The van der Waals surface area contributed by atoms with Crippen LogP contribution in [-0.4, -0.2) is 49.5 Å². The fraction of sp³-hybridized carbons (Fsp3) is 0.462. The number of rotatable bonds is 11. The van der Waals surface area contributed by atoms with Gasteiger partial charge in [0.15, 0.2) is 11.6 Å². The fourth-order valence-corrected chi connectivity index (χ4v) is 4.75. The van der Waals surface area contributed by atoms with Gasteiger partial charge in [-0.25, -0.2) is 17.2 Å². The van der Waals surface area contributed by atoms with Crippen LogP contribution >= 0.6 is 0 Å². The molecule has 0 aliphatic carbocycles. The van der Waals surface area contributed by atoms with Gasteiger partial charge in [-0.1, -0.05) is 37.3 Å². The van der Waals surface area contributed by atoms with E-state index in [9.17, 15) is 26.8 Å². The number of hydrogen-bond acceptors (Lipinski definition) is 4. The second-order valence-electron chi connectivity index (χ2n) is 9.71. The molecule has 198 valence electrons. The Morgan fingerprint density at radius 1 is 1.03 bits per heavy atom. The smallest absolute Gasteiger partial charge is 0.243 e. The van der Waals surface area contributed by atoms with Gasteiger partial charge in [-0.15, -0.1) is 0 Å². The number of anilines is 1. The zero-order valence-electron chi connectivity index (χ0n) is 21.4. The van der Waals surface area contributed by atoms with E-state index >= 15 is 0 Å². The Hall–Kier alpha value is -3.01. The van der Waals surface area contributed by atoms with E-state index in [1.54, 1.807) is 0 Å². The molecule has 2 aromatic carbocycles. The lowest BCUT2D eigenvalue weighted by Gasteiger charge is -2.33. The highest BCUT2D eigenvalue weighted by molar-refractivity contribution is 7.92. The summed E-state index contributed by atoms with van der Waals surface area (Å²) in [5.41, 5.74) is 0.347. The fourth-order valence-electron chi connectivity index (χ4n) is 3.80. The number of nitrogens with zero attached hydrogens (tertiary/aromatic N) is 2. The average Bonchev–Trinajstić information content (AvgIpc) is 2.77. The Balaban J connectivity index is 2.22. The van der Waals surface area contributed by atoms with E-state index in [1.807, 2.05) is 58.0 Å². The van der Waals surface area contributed by atoms with Gasteiger partial charge in [0.2, 0.25) is 21.8 Å². The average molecular weight is 524 g/mol. The van der Waals surface area contributed by atoms with Gasteiger partial charge in [-0.05, 0) is 51.3 Å². The number of hydrogen-bond donors (Lipinski definition) is 1. The summed E-state index contributed by atoms with van der Waals surface area (Å²) in [4.78, 5) is 27.9. The van der Waals surface area contributed by atoms with Gasteiger partial charge in [0, 0.05) is 31.1 Å². The molecule has 0 bridgehead atoms. The summed E-state index contributed by atoms with van der Waals surface area (Å²) in [6.45, 7) is 7.51. The molecule has 0 aliphatic heterocycles. The van der Waals surface area contributed by atoms with Gasteiger partial charge in [0.1, 0.15) is 6.04 Å². The normalized spacial score (nSPS) is 12.6. The predicted octanol–water partition coefficient (Wildman–Crippen LogP) is 4.23. The molecular weight excluding hydrogens is 488 g/mol. The predicted molar refractivity (Wildman–Crippen MR) is 137 cm³/mol. The molecule has 36 heavy (non-hydrogen) atoms. The Bertz CT molecular complexity index is 1150. The minimum absolute atomic E-state index is 0.0269. The summed E-state index contributed by atoms with van der Waals surface area (Å²) in [6.07, 6.45) is 1.43. The first-order valence-electron chi connectivity index (χ1n) is 11.8. The van der Waals surface area contributed by atoms with Crippen molar-refractivity contribution in [1.29, 1.82) is 0 Å². The van der Waals surface area contributed by atoms with Crippen LogP contribution in [0.15, 0.2) is 48.5 Å². The monoisotopic (exact) mass is 523 g/mol. The second-order valence-corrected chi connectivity index (χ2v) is 11.6. The van der Waals surface area contributed by atoms with Crippen LogP contribution in [0.4, 0.5) is 14.5 Å². The van der Waals surface area contributed by atoms with Crippen LogP contribution in [0.5, 0.6) is 0 Å². The molecule has 0 aliphatic rings. The van der Waals surface area contributed by atoms with Crippen molar-refractivity contribution >= 4 is 27.5 Å². The van der Waals surface area contributed by atoms with Gasteiger partial charge >= 0.3 is 0 Å². The van der Waals surface area contributed by atoms with Crippen molar-refractivity contribution in [2.75, 3.05) is 17.1 Å².